The van der Waals surface area contributed by atoms with E-state index in [9.17, 15) is 24.0 Å². The molecule has 0 aromatic heterocycles. The topological polar surface area (TPSA) is 148 Å². The first-order chi connectivity index (χ1) is 16.2. The molecule has 3 aliphatic rings. The normalized spacial score (nSPS) is 26.2. The molecular weight excluding hydrogens is 452 g/mol. The fourth-order valence-corrected chi connectivity index (χ4v) is 5.36. The Balaban J connectivity index is 1.79. The van der Waals surface area contributed by atoms with Crippen molar-refractivity contribution in [2.45, 2.75) is 97.4 Å². The van der Waals surface area contributed by atoms with E-state index < -0.39 is 47.4 Å². The van der Waals surface area contributed by atoms with Crippen LogP contribution in [0.3, 0.4) is 0 Å². The van der Waals surface area contributed by atoms with E-state index in [1.54, 1.807) is 20.8 Å². The quantitative estimate of drug-likeness (QED) is 0.394. The van der Waals surface area contributed by atoms with Crippen LogP contribution in [0.2, 0.25) is 0 Å². The van der Waals surface area contributed by atoms with Crippen LogP contribution in [0.1, 0.15) is 73.6 Å². The fourth-order valence-electron chi connectivity index (χ4n) is 5.36. The first kappa shape index (κ1) is 26.9. The van der Waals surface area contributed by atoms with E-state index in [-0.39, 0.29) is 29.6 Å². The second kappa shape index (κ2) is 9.78. The van der Waals surface area contributed by atoms with Crippen LogP contribution in [0.5, 0.6) is 0 Å². The van der Waals surface area contributed by atoms with Gasteiger partial charge < -0.3 is 26.0 Å². The highest BCUT2D eigenvalue weighted by atomic mass is 16.6. The van der Waals surface area contributed by atoms with Gasteiger partial charge in [-0.25, -0.2) is 4.79 Å². The van der Waals surface area contributed by atoms with Crippen molar-refractivity contribution in [3.63, 3.8) is 0 Å². The van der Waals surface area contributed by atoms with E-state index in [1.807, 2.05) is 6.92 Å². The summed E-state index contributed by atoms with van der Waals surface area (Å²) in [6.45, 7) is 11.6. The van der Waals surface area contributed by atoms with E-state index in [1.165, 1.54) is 4.90 Å². The van der Waals surface area contributed by atoms with Crippen LogP contribution in [0.25, 0.3) is 0 Å². The standard InChI is InChI=1S/C25H40N4O6/c1-7-8-15(19(30)20(26)31)27-21(32)18-17-14(25(17,5)6)12-29(18)22(33)16(11-13-9-10-13)28-23(34)35-24(2,3)4/h13-18H,7-12H2,1-6H3,(H2,26,31)(H,27,32)(H,28,34)/t14?,15?,16-,17?,18?/m0/s1. The zero-order valence-corrected chi connectivity index (χ0v) is 21.7. The molecule has 35 heavy (non-hydrogen) atoms. The van der Waals surface area contributed by atoms with Crippen LogP contribution in [-0.2, 0) is 23.9 Å². The molecule has 3 fully saturated rings. The molecule has 1 heterocycles. The molecule has 0 bridgehead atoms. The van der Waals surface area contributed by atoms with E-state index in [0.29, 0.717) is 25.3 Å². The molecule has 0 spiro atoms. The number of hydrogen-bond donors (Lipinski definition) is 3. The van der Waals surface area contributed by atoms with Crippen molar-refractivity contribution in [1.29, 1.82) is 0 Å². The number of Topliss-reactive ketones (excluding diaryl/α,β-unsaturated/α-hetero) is 1. The predicted molar refractivity (Wildman–Crippen MR) is 128 cm³/mol. The van der Waals surface area contributed by atoms with Gasteiger partial charge in [0.2, 0.25) is 17.6 Å². The minimum Gasteiger partial charge on any atom is -0.444 e. The summed E-state index contributed by atoms with van der Waals surface area (Å²) in [4.78, 5) is 64.9. The molecule has 1 aliphatic heterocycles. The van der Waals surface area contributed by atoms with Gasteiger partial charge in [-0.05, 0) is 56.8 Å². The van der Waals surface area contributed by atoms with Gasteiger partial charge in [-0.1, -0.05) is 40.0 Å². The van der Waals surface area contributed by atoms with Gasteiger partial charge in [0.05, 0.1) is 6.04 Å². The number of rotatable bonds is 10. The molecule has 2 aliphatic carbocycles. The molecular formula is C25H40N4O6. The molecule has 4 amide bonds. The molecule has 10 nitrogen and oxygen atoms in total. The summed E-state index contributed by atoms with van der Waals surface area (Å²) in [5.41, 5.74) is 4.34. The van der Waals surface area contributed by atoms with Crippen molar-refractivity contribution >= 4 is 29.6 Å². The van der Waals surface area contributed by atoms with Gasteiger partial charge in [0.15, 0.2) is 0 Å². The number of carbonyl (C=O) groups is 5. The lowest BCUT2D eigenvalue weighted by molar-refractivity contribution is -0.143. The second-order valence-corrected chi connectivity index (χ2v) is 11.8. The third-order valence-corrected chi connectivity index (χ3v) is 7.47. The highest BCUT2D eigenvalue weighted by Crippen LogP contribution is 2.65. The molecule has 0 radical (unpaired) electrons. The van der Waals surface area contributed by atoms with Crippen molar-refractivity contribution in [2.75, 3.05) is 6.54 Å². The van der Waals surface area contributed by atoms with E-state index >= 15 is 0 Å². The number of nitrogens with two attached hydrogens (primary N) is 1. The van der Waals surface area contributed by atoms with Gasteiger partial charge in [-0.2, -0.15) is 0 Å². The lowest BCUT2D eigenvalue weighted by atomic mass is 9.98. The number of alkyl carbamates (subject to hydrolysis) is 1. The molecule has 2 saturated carbocycles. The number of amides is 4. The molecule has 4 unspecified atom stereocenters. The summed E-state index contributed by atoms with van der Waals surface area (Å²) >= 11 is 0. The largest absolute Gasteiger partial charge is 0.444 e. The predicted octanol–water partition coefficient (Wildman–Crippen LogP) is 1.50. The number of primary amides is 1. The second-order valence-electron chi connectivity index (χ2n) is 11.8. The van der Waals surface area contributed by atoms with Crippen molar-refractivity contribution in [3.8, 4) is 0 Å². The van der Waals surface area contributed by atoms with Crippen LogP contribution >= 0.6 is 0 Å². The van der Waals surface area contributed by atoms with E-state index in [2.05, 4.69) is 24.5 Å². The Morgan fingerprint density at radius 2 is 1.71 bits per heavy atom. The van der Waals surface area contributed by atoms with Crippen LogP contribution in [0, 0.1) is 23.2 Å². The van der Waals surface area contributed by atoms with E-state index in [0.717, 1.165) is 12.8 Å². The van der Waals surface area contributed by atoms with Gasteiger partial charge in [0.1, 0.15) is 17.7 Å². The van der Waals surface area contributed by atoms with Crippen molar-refractivity contribution < 1.29 is 28.7 Å². The number of nitrogens with zero attached hydrogens (tertiary/aromatic N) is 1. The number of likely N-dealkylation sites (tertiary alicyclic amines) is 1. The highest BCUT2D eigenvalue weighted by Gasteiger charge is 2.69. The van der Waals surface area contributed by atoms with Gasteiger partial charge >= 0.3 is 6.09 Å². The zero-order valence-electron chi connectivity index (χ0n) is 21.7. The fraction of sp³-hybridized carbons (Fsp3) is 0.800. The molecule has 0 aromatic carbocycles. The third kappa shape index (κ3) is 6.13. The summed E-state index contributed by atoms with van der Waals surface area (Å²) in [6.07, 6.45) is 2.65. The first-order valence-electron chi connectivity index (χ1n) is 12.6. The Bertz CT molecular complexity index is 891. The number of hydrogen-bond acceptors (Lipinski definition) is 6. The summed E-state index contributed by atoms with van der Waals surface area (Å²) in [5.74, 6) is -2.31. The molecule has 4 N–H and O–H groups in total. The smallest absolute Gasteiger partial charge is 0.408 e. The van der Waals surface area contributed by atoms with Crippen LogP contribution < -0.4 is 16.4 Å². The molecule has 1 saturated heterocycles. The number of nitrogens with one attached hydrogen (secondary N) is 2. The van der Waals surface area contributed by atoms with Gasteiger partial charge in [-0.15, -0.1) is 0 Å². The lowest BCUT2D eigenvalue weighted by Crippen LogP contribution is -2.58. The molecule has 3 rings (SSSR count). The molecule has 10 heteroatoms. The van der Waals surface area contributed by atoms with Crippen LogP contribution in [0.4, 0.5) is 4.79 Å². The summed E-state index contributed by atoms with van der Waals surface area (Å²) in [7, 11) is 0. The Morgan fingerprint density at radius 1 is 1.09 bits per heavy atom. The lowest BCUT2D eigenvalue weighted by Gasteiger charge is -2.34. The van der Waals surface area contributed by atoms with Gasteiger partial charge in [0, 0.05) is 6.54 Å². The maximum absolute atomic E-state index is 13.7. The number of ketones is 1. The van der Waals surface area contributed by atoms with Gasteiger partial charge in [0.25, 0.3) is 5.91 Å². The number of piperidine rings is 1. The van der Waals surface area contributed by atoms with Crippen LogP contribution in [-0.4, -0.2) is 64.8 Å². The zero-order chi connectivity index (χ0) is 26.3. The minimum absolute atomic E-state index is 0.0690. The maximum Gasteiger partial charge on any atom is 0.408 e. The number of carbonyl (C=O) groups excluding carboxylic acids is 5. The van der Waals surface area contributed by atoms with Gasteiger partial charge in [-0.3, -0.25) is 19.2 Å². The molecule has 5 atom stereocenters. The van der Waals surface area contributed by atoms with Crippen LogP contribution in [0.15, 0.2) is 0 Å². The molecule has 0 aromatic rings. The van der Waals surface area contributed by atoms with Crippen molar-refractivity contribution in [3.05, 3.63) is 0 Å². The molecule has 196 valence electrons. The average Bonchev–Trinajstić information content (AvgIpc) is 3.57. The summed E-state index contributed by atoms with van der Waals surface area (Å²) in [5, 5.41) is 5.42. The van der Waals surface area contributed by atoms with Crippen molar-refractivity contribution in [2.24, 2.45) is 28.9 Å². The third-order valence-electron chi connectivity index (χ3n) is 7.47. The Hall–Kier alpha value is -2.65. The first-order valence-corrected chi connectivity index (χ1v) is 12.6. The minimum atomic E-state index is -1.10. The maximum atomic E-state index is 13.7. The SMILES string of the molecule is CCCC(NC(=O)C1C2C(CN1C(=O)[C@H](CC1CC1)NC(=O)OC(C)(C)C)C2(C)C)C(=O)C(N)=O. The number of ether oxygens (including phenoxy) is 1. The Morgan fingerprint density at radius 3 is 2.23 bits per heavy atom. The number of fused-ring (bicyclic) bond motifs is 1. The highest BCUT2D eigenvalue weighted by molar-refractivity contribution is 6.37. The Kier molecular flexibility index (Phi) is 7.53. The monoisotopic (exact) mass is 492 g/mol. The van der Waals surface area contributed by atoms with E-state index in [4.69, 9.17) is 10.5 Å². The Labute approximate surface area is 207 Å². The summed E-state index contributed by atoms with van der Waals surface area (Å²) < 4.78 is 5.37. The summed E-state index contributed by atoms with van der Waals surface area (Å²) in [6, 6.07) is -2.61. The van der Waals surface area contributed by atoms with Crippen molar-refractivity contribution in [1.82, 2.24) is 15.5 Å². The average molecular weight is 493 g/mol.